The highest BCUT2D eigenvalue weighted by atomic mass is 32.2. The molecule has 1 amide bonds. The maximum absolute atomic E-state index is 12.6. The van der Waals surface area contributed by atoms with Crippen LogP contribution in [0, 0.1) is 0 Å². The number of anilines is 1. The molecule has 11 heteroatoms. The molecule has 0 bridgehead atoms. The van der Waals surface area contributed by atoms with Gasteiger partial charge in [-0.25, -0.2) is 19.2 Å². The van der Waals surface area contributed by atoms with Gasteiger partial charge in [0.1, 0.15) is 5.75 Å². The van der Waals surface area contributed by atoms with E-state index in [4.69, 9.17) is 25.0 Å². The largest absolute Gasteiger partial charge is 0.494 e. The minimum atomic E-state index is -3.49. The van der Waals surface area contributed by atoms with E-state index < -0.39 is 15.9 Å². The van der Waals surface area contributed by atoms with Gasteiger partial charge in [0.2, 0.25) is 10.0 Å². The van der Waals surface area contributed by atoms with Crippen molar-refractivity contribution in [3.05, 3.63) is 78.4 Å². The summed E-state index contributed by atoms with van der Waals surface area (Å²) in [7, 11) is -3.49. The smallest absolute Gasteiger partial charge is 0.265 e. The van der Waals surface area contributed by atoms with E-state index in [2.05, 4.69) is 10.1 Å². The standard InChI is InChI=1S/C32H36N4O6S/c1-43(38,39)36-25-13-16-29-27(20-25)28(32(37)35-33)21-30(34-29)24-9-7-22(8-10-24)23-11-14-26(15-12-23)40-17-4-5-19-42-31-6-2-3-18-41-31/h7-16,20-21,31,36H,2-6,17-19,33H2,1H3,(H,35,37). The molecular formula is C32H36N4O6S. The molecule has 1 atom stereocenters. The van der Waals surface area contributed by atoms with Crippen LogP contribution in [0.25, 0.3) is 33.3 Å². The fourth-order valence-electron chi connectivity index (χ4n) is 4.95. The summed E-state index contributed by atoms with van der Waals surface area (Å²) in [5.74, 6) is 5.75. The quantitative estimate of drug-likeness (QED) is 0.0862. The molecule has 43 heavy (non-hydrogen) atoms. The molecule has 0 aliphatic carbocycles. The SMILES string of the molecule is CS(=O)(=O)Nc1ccc2nc(-c3ccc(-c4ccc(OCCCCOC5CCCCO5)cc4)cc3)cc(C(=O)NN)c2c1. The fourth-order valence-corrected chi connectivity index (χ4v) is 5.50. The number of nitrogen functional groups attached to an aromatic ring is 1. The van der Waals surface area contributed by atoms with Crippen LogP contribution in [0.1, 0.15) is 42.5 Å². The molecule has 10 nitrogen and oxygen atoms in total. The van der Waals surface area contributed by atoms with Gasteiger partial charge in [0.25, 0.3) is 5.91 Å². The van der Waals surface area contributed by atoms with Gasteiger partial charge in [-0.1, -0.05) is 36.4 Å². The number of ether oxygens (including phenoxy) is 3. The van der Waals surface area contributed by atoms with Gasteiger partial charge in [-0.3, -0.25) is 14.9 Å². The lowest BCUT2D eigenvalue weighted by Gasteiger charge is -2.22. The van der Waals surface area contributed by atoms with Crippen LogP contribution in [-0.2, 0) is 19.5 Å². The number of unbranched alkanes of at least 4 members (excludes halogenated alkanes) is 1. The maximum atomic E-state index is 12.6. The molecule has 0 saturated carbocycles. The lowest BCUT2D eigenvalue weighted by atomic mass is 10.00. The number of carbonyl (C=O) groups excluding carboxylic acids is 1. The van der Waals surface area contributed by atoms with Crippen molar-refractivity contribution in [1.82, 2.24) is 10.4 Å². The Labute approximate surface area is 251 Å². The summed E-state index contributed by atoms with van der Waals surface area (Å²) in [6.45, 7) is 2.10. The van der Waals surface area contributed by atoms with Crippen molar-refractivity contribution in [3.63, 3.8) is 0 Å². The van der Waals surface area contributed by atoms with Crippen LogP contribution < -0.4 is 20.7 Å². The number of rotatable bonds is 12. The van der Waals surface area contributed by atoms with Crippen LogP contribution in [-0.4, -0.2) is 51.7 Å². The number of hydrazine groups is 1. The highest BCUT2D eigenvalue weighted by Gasteiger charge is 2.16. The fraction of sp³-hybridized carbons (Fsp3) is 0.312. The lowest BCUT2D eigenvalue weighted by Crippen LogP contribution is -2.30. The predicted octanol–water partition coefficient (Wildman–Crippen LogP) is 5.25. The van der Waals surface area contributed by atoms with Crippen molar-refractivity contribution in [2.45, 2.75) is 38.4 Å². The average Bonchev–Trinajstić information content (AvgIpc) is 3.02. The van der Waals surface area contributed by atoms with Crippen LogP contribution in [0.15, 0.2) is 72.8 Å². The van der Waals surface area contributed by atoms with E-state index in [9.17, 15) is 13.2 Å². The Hall–Kier alpha value is -4.03. The van der Waals surface area contributed by atoms with Gasteiger partial charge < -0.3 is 14.2 Å². The van der Waals surface area contributed by atoms with Crippen LogP contribution in [0.3, 0.4) is 0 Å². The molecule has 3 aromatic carbocycles. The number of sulfonamides is 1. The van der Waals surface area contributed by atoms with Crippen molar-refractivity contribution in [2.24, 2.45) is 5.84 Å². The molecule has 2 heterocycles. The first kappa shape index (κ1) is 30.4. The van der Waals surface area contributed by atoms with Gasteiger partial charge in [0, 0.05) is 29.9 Å². The number of aromatic nitrogens is 1. The van der Waals surface area contributed by atoms with E-state index in [1.54, 1.807) is 24.3 Å². The van der Waals surface area contributed by atoms with E-state index in [1.807, 2.05) is 48.5 Å². The Morgan fingerprint density at radius 2 is 1.65 bits per heavy atom. The molecule has 1 aliphatic rings. The Kier molecular flexibility index (Phi) is 9.88. The summed E-state index contributed by atoms with van der Waals surface area (Å²) in [6, 6.07) is 22.3. The highest BCUT2D eigenvalue weighted by Crippen LogP contribution is 2.30. The summed E-state index contributed by atoms with van der Waals surface area (Å²) in [5, 5.41) is 0.474. The summed E-state index contributed by atoms with van der Waals surface area (Å²) in [5.41, 5.74) is 6.76. The molecule has 226 valence electrons. The van der Waals surface area contributed by atoms with E-state index in [0.29, 0.717) is 35.5 Å². The van der Waals surface area contributed by atoms with Crippen molar-refractivity contribution in [1.29, 1.82) is 0 Å². The number of hydrogen-bond donors (Lipinski definition) is 3. The highest BCUT2D eigenvalue weighted by molar-refractivity contribution is 7.92. The molecule has 0 radical (unpaired) electrons. The number of carbonyl (C=O) groups is 1. The van der Waals surface area contributed by atoms with Gasteiger partial charge in [0.15, 0.2) is 6.29 Å². The van der Waals surface area contributed by atoms with Crippen molar-refractivity contribution in [2.75, 3.05) is 30.8 Å². The first-order chi connectivity index (χ1) is 20.8. The average molecular weight is 605 g/mol. The molecule has 1 unspecified atom stereocenters. The molecule has 4 N–H and O–H groups in total. The van der Waals surface area contributed by atoms with Gasteiger partial charge in [-0.05, 0) is 79.6 Å². The monoisotopic (exact) mass is 604 g/mol. The number of amides is 1. The molecule has 1 fully saturated rings. The zero-order valence-corrected chi connectivity index (χ0v) is 24.9. The van der Waals surface area contributed by atoms with Crippen LogP contribution in [0.2, 0.25) is 0 Å². The molecule has 1 saturated heterocycles. The normalized spacial score (nSPS) is 15.3. The Morgan fingerprint density at radius 3 is 2.33 bits per heavy atom. The molecule has 1 aromatic heterocycles. The minimum absolute atomic E-state index is 0.0446. The number of nitrogens with zero attached hydrogens (tertiary/aromatic N) is 1. The number of pyridine rings is 1. The van der Waals surface area contributed by atoms with E-state index in [1.165, 1.54) is 6.42 Å². The molecule has 1 aliphatic heterocycles. The van der Waals surface area contributed by atoms with Crippen LogP contribution in [0.5, 0.6) is 5.75 Å². The van der Waals surface area contributed by atoms with Crippen LogP contribution in [0.4, 0.5) is 5.69 Å². The number of nitrogens with one attached hydrogen (secondary N) is 2. The second-order valence-electron chi connectivity index (χ2n) is 10.5. The zero-order chi connectivity index (χ0) is 30.2. The Bertz CT molecular complexity index is 1650. The zero-order valence-electron chi connectivity index (χ0n) is 24.0. The summed E-state index contributed by atoms with van der Waals surface area (Å²) < 4.78 is 43.0. The van der Waals surface area contributed by atoms with Gasteiger partial charge in [0.05, 0.1) is 29.6 Å². The Balaban J connectivity index is 1.22. The van der Waals surface area contributed by atoms with Crippen molar-refractivity contribution >= 4 is 32.5 Å². The first-order valence-corrected chi connectivity index (χ1v) is 16.2. The number of nitrogens with two attached hydrogens (primary N) is 1. The number of hydrogen-bond acceptors (Lipinski definition) is 8. The third kappa shape index (κ3) is 8.29. The first-order valence-electron chi connectivity index (χ1n) is 14.3. The summed E-state index contributed by atoms with van der Waals surface area (Å²) in [4.78, 5) is 17.3. The van der Waals surface area contributed by atoms with Crippen molar-refractivity contribution in [3.8, 4) is 28.1 Å². The summed E-state index contributed by atoms with van der Waals surface area (Å²) in [6.07, 6.45) is 6.12. The summed E-state index contributed by atoms with van der Waals surface area (Å²) >= 11 is 0. The van der Waals surface area contributed by atoms with E-state index in [0.717, 1.165) is 61.0 Å². The Morgan fingerprint density at radius 1 is 0.953 bits per heavy atom. The lowest BCUT2D eigenvalue weighted by molar-refractivity contribution is -0.162. The maximum Gasteiger partial charge on any atom is 0.265 e. The van der Waals surface area contributed by atoms with Gasteiger partial charge >= 0.3 is 0 Å². The second kappa shape index (κ2) is 14.0. The predicted molar refractivity (Wildman–Crippen MR) is 167 cm³/mol. The number of fused-ring (bicyclic) bond motifs is 1. The van der Waals surface area contributed by atoms with E-state index >= 15 is 0 Å². The minimum Gasteiger partial charge on any atom is -0.494 e. The molecular weight excluding hydrogens is 568 g/mol. The third-order valence-electron chi connectivity index (χ3n) is 7.11. The number of benzene rings is 3. The van der Waals surface area contributed by atoms with Crippen LogP contribution >= 0.6 is 0 Å². The molecule has 0 spiro atoms. The van der Waals surface area contributed by atoms with Gasteiger partial charge in [-0.15, -0.1) is 0 Å². The molecule has 4 aromatic rings. The van der Waals surface area contributed by atoms with Gasteiger partial charge in [-0.2, -0.15) is 0 Å². The van der Waals surface area contributed by atoms with Crippen molar-refractivity contribution < 1.29 is 27.4 Å². The second-order valence-corrected chi connectivity index (χ2v) is 12.2. The molecule has 5 rings (SSSR count). The third-order valence-corrected chi connectivity index (χ3v) is 7.71. The van der Waals surface area contributed by atoms with E-state index in [-0.39, 0.29) is 11.9 Å². The topological polar surface area (TPSA) is 142 Å².